The number of hydrogen-bond donors (Lipinski definition) is 1. The first-order chi connectivity index (χ1) is 6.51. The molecule has 78 valence electrons. The number of methoxy groups -OCH3 is 1. The van der Waals surface area contributed by atoms with Gasteiger partial charge in [-0.1, -0.05) is 19.9 Å². The van der Waals surface area contributed by atoms with Crippen LogP contribution in [0.5, 0.6) is 5.75 Å². The molecule has 0 saturated carbocycles. The van der Waals surface area contributed by atoms with E-state index in [9.17, 15) is 4.39 Å². The smallest absolute Gasteiger partial charge is 0.165 e. The summed E-state index contributed by atoms with van der Waals surface area (Å²) in [5, 5.41) is 9.11. The van der Waals surface area contributed by atoms with Crippen LogP contribution in [0.4, 0.5) is 4.39 Å². The molecule has 0 aliphatic rings. The molecule has 0 aromatic heterocycles. The van der Waals surface area contributed by atoms with Crippen molar-refractivity contribution in [2.45, 2.75) is 19.3 Å². The summed E-state index contributed by atoms with van der Waals surface area (Å²) in [5.74, 6) is -0.172. The fourth-order valence-corrected chi connectivity index (χ4v) is 1.18. The van der Waals surface area contributed by atoms with E-state index < -0.39 is 11.2 Å². The first kappa shape index (κ1) is 11.0. The molecular formula is C11H15FO2. The monoisotopic (exact) mass is 198 g/mol. The van der Waals surface area contributed by atoms with E-state index in [1.165, 1.54) is 13.2 Å². The number of aliphatic hydroxyl groups excluding tert-OH is 1. The molecule has 0 unspecified atom stereocenters. The third-order valence-electron chi connectivity index (χ3n) is 2.33. The molecule has 0 amide bonds. The van der Waals surface area contributed by atoms with Crippen LogP contribution in [0.25, 0.3) is 0 Å². The minimum absolute atomic E-state index is 0.0151. The number of rotatable bonds is 3. The van der Waals surface area contributed by atoms with Gasteiger partial charge in [0.2, 0.25) is 0 Å². The van der Waals surface area contributed by atoms with E-state index >= 15 is 0 Å². The lowest BCUT2D eigenvalue weighted by Crippen LogP contribution is -2.22. The van der Waals surface area contributed by atoms with E-state index in [0.717, 1.165) is 5.56 Å². The molecule has 1 aromatic rings. The van der Waals surface area contributed by atoms with Gasteiger partial charge < -0.3 is 9.84 Å². The minimum atomic E-state index is -0.424. The highest BCUT2D eigenvalue weighted by atomic mass is 19.1. The van der Waals surface area contributed by atoms with Gasteiger partial charge in [-0.05, 0) is 17.7 Å². The van der Waals surface area contributed by atoms with Gasteiger partial charge in [-0.3, -0.25) is 0 Å². The molecule has 3 heteroatoms. The maximum absolute atomic E-state index is 13.3. The SMILES string of the molecule is COc1ccc(C(C)(C)CO)cc1F. The molecule has 1 N–H and O–H groups in total. The lowest BCUT2D eigenvalue weighted by Gasteiger charge is -2.22. The first-order valence-electron chi connectivity index (χ1n) is 4.46. The Morgan fingerprint density at radius 3 is 2.50 bits per heavy atom. The standard InChI is InChI=1S/C11H15FO2/c1-11(2,7-13)8-4-5-10(14-3)9(12)6-8/h4-6,13H,7H2,1-3H3. The fraction of sp³-hybridized carbons (Fsp3) is 0.455. The van der Waals surface area contributed by atoms with E-state index in [1.807, 2.05) is 13.8 Å². The maximum atomic E-state index is 13.3. The molecule has 2 nitrogen and oxygen atoms in total. The molecule has 0 aliphatic heterocycles. The third-order valence-corrected chi connectivity index (χ3v) is 2.33. The molecule has 0 radical (unpaired) electrons. The predicted octanol–water partition coefficient (Wildman–Crippen LogP) is 2.10. The summed E-state index contributed by atoms with van der Waals surface area (Å²) < 4.78 is 18.1. The van der Waals surface area contributed by atoms with Crippen LogP contribution in [0.3, 0.4) is 0 Å². The summed E-state index contributed by atoms with van der Waals surface area (Å²) in [5.41, 5.74) is 0.339. The van der Waals surface area contributed by atoms with Crippen molar-refractivity contribution in [3.8, 4) is 5.75 Å². The summed E-state index contributed by atoms with van der Waals surface area (Å²) in [4.78, 5) is 0. The Balaban J connectivity index is 3.08. The van der Waals surface area contributed by atoms with Crippen molar-refractivity contribution in [3.05, 3.63) is 29.6 Å². The van der Waals surface area contributed by atoms with Crippen molar-refractivity contribution in [1.82, 2.24) is 0 Å². The van der Waals surface area contributed by atoms with Crippen LogP contribution >= 0.6 is 0 Å². The summed E-state index contributed by atoms with van der Waals surface area (Å²) in [7, 11) is 1.43. The lowest BCUT2D eigenvalue weighted by atomic mass is 9.85. The largest absolute Gasteiger partial charge is 0.494 e. The van der Waals surface area contributed by atoms with Gasteiger partial charge in [-0.15, -0.1) is 0 Å². The van der Waals surface area contributed by atoms with Gasteiger partial charge in [0.05, 0.1) is 13.7 Å². The van der Waals surface area contributed by atoms with Crippen molar-refractivity contribution in [2.24, 2.45) is 0 Å². The second-order valence-electron chi connectivity index (χ2n) is 3.89. The number of hydrogen-bond acceptors (Lipinski definition) is 2. The van der Waals surface area contributed by atoms with Crippen LogP contribution < -0.4 is 4.74 Å². The second kappa shape index (κ2) is 3.96. The molecule has 1 aromatic carbocycles. The average Bonchev–Trinajstić information content (AvgIpc) is 2.17. The van der Waals surface area contributed by atoms with Gasteiger partial charge in [-0.2, -0.15) is 0 Å². The van der Waals surface area contributed by atoms with Crippen molar-refractivity contribution in [3.63, 3.8) is 0 Å². The van der Waals surface area contributed by atoms with Crippen LogP contribution in [0.15, 0.2) is 18.2 Å². The lowest BCUT2D eigenvalue weighted by molar-refractivity contribution is 0.218. The zero-order valence-corrected chi connectivity index (χ0v) is 8.67. The summed E-state index contributed by atoms with van der Waals surface area (Å²) in [6.07, 6.45) is 0. The van der Waals surface area contributed by atoms with Crippen LogP contribution in [0.2, 0.25) is 0 Å². The fourth-order valence-electron chi connectivity index (χ4n) is 1.18. The third kappa shape index (κ3) is 2.04. The molecule has 0 heterocycles. The zero-order valence-electron chi connectivity index (χ0n) is 8.67. The molecule has 0 aliphatic carbocycles. The van der Waals surface area contributed by atoms with Gasteiger partial charge in [0, 0.05) is 5.41 Å². The molecule has 0 bridgehead atoms. The Bertz CT molecular complexity index is 321. The highest BCUT2D eigenvalue weighted by Crippen LogP contribution is 2.26. The Morgan fingerprint density at radius 2 is 2.07 bits per heavy atom. The summed E-state index contributed by atoms with van der Waals surface area (Å²) in [6, 6.07) is 4.73. The highest BCUT2D eigenvalue weighted by molar-refractivity contribution is 5.33. The van der Waals surface area contributed by atoms with E-state index in [4.69, 9.17) is 9.84 Å². The van der Waals surface area contributed by atoms with Crippen molar-refractivity contribution in [1.29, 1.82) is 0 Å². The normalized spacial score (nSPS) is 11.5. The molecular weight excluding hydrogens is 183 g/mol. The number of ether oxygens (including phenoxy) is 1. The molecule has 0 saturated heterocycles. The van der Waals surface area contributed by atoms with Crippen LogP contribution in [-0.4, -0.2) is 18.8 Å². The molecule has 0 spiro atoms. The van der Waals surface area contributed by atoms with Crippen LogP contribution in [0, 0.1) is 5.82 Å². The number of aliphatic hydroxyl groups is 1. The van der Waals surface area contributed by atoms with Crippen LogP contribution in [-0.2, 0) is 5.41 Å². The van der Waals surface area contributed by atoms with Crippen molar-refractivity contribution < 1.29 is 14.2 Å². The molecule has 0 fully saturated rings. The predicted molar refractivity (Wildman–Crippen MR) is 53.1 cm³/mol. The zero-order chi connectivity index (χ0) is 10.8. The van der Waals surface area contributed by atoms with Crippen molar-refractivity contribution >= 4 is 0 Å². The molecule has 14 heavy (non-hydrogen) atoms. The van der Waals surface area contributed by atoms with Gasteiger partial charge in [-0.25, -0.2) is 4.39 Å². The first-order valence-corrected chi connectivity index (χ1v) is 4.46. The van der Waals surface area contributed by atoms with E-state index in [1.54, 1.807) is 12.1 Å². The van der Waals surface area contributed by atoms with Crippen molar-refractivity contribution in [2.75, 3.05) is 13.7 Å². The van der Waals surface area contributed by atoms with Gasteiger partial charge in [0.1, 0.15) is 0 Å². The molecule has 1 rings (SSSR count). The highest BCUT2D eigenvalue weighted by Gasteiger charge is 2.20. The summed E-state index contributed by atoms with van der Waals surface area (Å²) >= 11 is 0. The van der Waals surface area contributed by atoms with Gasteiger partial charge in [0.15, 0.2) is 11.6 Å². The topological polar surface area (TPSA) is 29.5 Å². The Labute approximate surface area is 83.3 Å². The van der Waals surface area contributed by atoms with Gasteiger partial charge in [0.25, 0.3) is 0 Å². The minimum Gasteiger partial charge on any atom is -0.494 e. The average molecular weight is 198 g/mol. The van der Waals surface area contributed by atoms with E-state index in [0.29, 0.717) is 0 Å². The Hall–Kier alpha value is -1.09. The van der Waals surface area contributed by atoms with Gasteiger partial charge >= 0.3 is 0 Å². The molecule has 0 atom stereocenters. The quantitative estimate of drug-likeness (QED) is 0.806. The number of benzene rings is 1. The van der Waals surface area contributed by atoms with E-state index in [2.05, 4.69) is 0 Å². The van der Waals surface area contributed by atoms with Crippen LogP contribution in [0.1, 0.15) is 19.4 Å². The Morgan fingerprint density at radius 1 is 1.43 bits per heavy atom. The summed E-state index contributed by atoms with van der Waals surface area (Å²) in [6.45, 7) is 3.70. The number of halogens is 1. The maximum Gasteiger partial charge on any atom is 0.165 e. The Kier molecular flexibility index (Phi) is 3.11. The second-order valence-corrected chi connectivity index (χ2v) is 3.89. The van der Waals surface area contributed by atoms with E-state index in [-0.39, 0.29) is 12.4 Å².